The minimum Gasteiger partial charge on any atom is -0.507 e. The van der Waals surface area contributed by atoms with Crippen molar-refractivity contribution in [2.24, 2.45) is 0 Å². The molecule has 0 aliphatic heterocycles. The van der Waals surface area contributed by atoms with Gasteiger partial charge >= 0.3 is 0 Å². The zero-order chi connectivity index (χ0) is 10.8. The van der Waals surface area contributed by atoms with Crippen LogP contribution in [-0.2, 0) is 0 Å². The first-order valence-corrected chi connectivity index (χ1v) is 5.17. The lowest BCUT2D eigenvalue weighted by Crippen LogP contribution is -1.80. The van der Waals surface area contributed by atoms with Crippen molar-refractivity contribution < 1.29 is 5.11 Å². The molecule has 0 aromatic heterocycles. The number of rotatable bonds is 1. The van der Waals surface area contributed by atoms with E-state index in [0.29, 0.717) is 15.6 Å². The summed E-state index contributed by atoms with van der Waals surface area (Å²) in [7, 11) is 0. The molecule has 0 fully saturated rings. The van der Waals surface area contributed by atoms with Crippen LogP contribution in [0.5, 0.6) is 5.75 Å². The van der Waals surface area contributed by atoms with Gasteiger partial charge in [-0.2, -0.15) is 0 Å². The Labute approximate surface area is 97.9 Å². The first kappa shape index (κ1) is 10.3. The molecule has 2 aromatic carbocycles. The molecule has 0 saturated carbocycles. The number of halogens is 2. The van der Waals surface area contributed by atoms with E-state index in [1.165, 1.54) is 0 Å². The molecule has 1 N–H and O–H groups in total. The summed E-state index contributed by atoms with van der Waals surface area (Å²) in [6.07, 6.45) is 0. The van der Waals surface area contributed by atoms with Gasteiger partial charge in [0.2, 0.25) is 0 Å². The maximum atomic E-state index is 9.67. The van der Waals surface area contributed by atoms with Crippen molar-refractivity contribution in [2.45, 2.75) is 0 Å². The number of benzene rings is 2. The van der Waals surface area contributed by atoms with Crippen molar-refractivity contribution >= 4 is 23.2 Å². The van der Waals surface area contributed by atoms with Crippen LogP contribution >= 0.6 is 23.2 Å². The Morgan fingerprint density at radius 3 is 2.27 bits per heavy atom. The maximum absolute atomic E-state index is 9.67. The Kier molecular flexibility index (Phi) is 2.85. The van der Waals surface area contributed by atoms with Gasteiger partial charge in [0.15, 0.2) is 0 Å². The van der Waals surface area contributed by atoms with Crippen LogP contribution in [0.1, 0.15) is 0 Å². The van der Waals surface area contributed by atoms with E-state index in [2.05, 4.69) is 0 Å². The molecule has 1 nitrogen and oxygen atoms in total. The third-order valence-corrected chi connectivity index (χ3v) is 2.67. The zero-order valence-electron chi connectivity index (χ0n) is 7.74. The van der Waals surface area contributed by atoms with Crippen LogP contribution in [0.25, 0.3) is 11.1 Å². The summed E-state index contributed by atoms with van der Waals surface area (Å²) in [5.41, 5.74) is 1.48. The molecule has 3 heteroatoms. The van der Waals surface area contributed by atoms with E-state index in [1.807, 2.05) is 12.1 Å². The quantitative estimate of drug-likeness (QED) is 0.783. The van der Waals surface area contributed by atoms with Crippen LogP contribution in [-0.4, -0.2) is 5.11 Å². The predicted molar refractivity (Wildman–Crippen MR) is 63.6 cm³/mol. The van der Waals surface area contributed by atoms with E-state index in [0.717, 1.165) is 5.56 Å². The van der Waals surface area contributed by atoms with Gasteiger partial charge in [-0.25, -0.2) is 0 Å². The van der Waals surface area contributed by atoms with Crippen LogP contribution < -0.4 is 0 Å². The normalized spacial score (nSPS) is 10.3. The highest BCUT2D eigenvalue weighted by atomic mass is 35.5. The van der Waals surface area contributed by atoms with Crippen LogP contribution in [0, 0.1) is 0 Å². The summed E-state index contributed by atoms with van der Waals surface area (Å²) < 4.78 is 0. The standard InChI is InChI=1S/C12H8Cl2O/c13-8-5-6-9(11(14)7-8)10-3-1-2-4-12(10)15/h1-7,15H. The van der Waals surface area contributed by atoms with Gasteiger partial charge in [-0.15, -0.1) is 0 Å². The molecule has 0 heterocycles. The molecule has 76 valence electrons. The molecule has 0 aliphatic rings. The summed E-state index contributed by atoms with van der Waals surface area (Å²) in [5.74, 6) is 0.210. The number of aromatic hydroxyl groups is 1. The largest absolute Gasteiger partial charge is 0.507 e. The second-order valence-corrected chi connectivity index (χ2v) is 3.98. The summed E-state index contributed by atoms with van der Waals surface area (Å²) in [6.45, 7) is 0. The molecule has 0 bridgehead atoms. The Hall–Kier alpha value is -1.18. The molecule has 0 amide bonds. The van der Waals surface area contributed by atoms with Crippen molar-refractivity contribution in [3.8, 4) is 16.9 Å². The fraction of sp³-hybridized carbons (Fsp3) is 0. The predicted octanol–water partition coefficient (Wildman–Crippen LogP) is 4.37. The smallest absolute Gasteiger partial charge is 0.123 e. The van der Waals surface area contributed by atoms with Crippen LogP contribution in [0.4, 0.5) is 0 Å². The van der Waals surface area contributed by atoms with E-state index in [-0.39, 0.29) is 5.75 Å². The fourth-order valence-corrected chi connectivity index (χ4v) is 1.92. The number of hydrogen-bond donors (Lipinski definition) is 1. The second kappa shape index (κ2) is 4.13. The Morgan fingerprint density at radius 1 is 0.867 bits per heavy atom. The Balaban J connectivity index is 2.60. The van der Waals surface area contributed by atoms with E-state index < -0.39 is 0 Å². The molecule has 0 aliphatic carbocycles. The van der Waals surface area contributed by atoms with Crippen LogP contribution in [0.15, 0.2) is 42.5 Å². The van der Waals surface area contributed by atoms with E-state index in [4.69, 9.17) is 23.2 Å². The first-order chi connectivity index (χ1) is 7.18. The molecular weight excluding hydrogens is 231 g/mol. The second-order valence-electron chi connectivity index (χ2n) is 3.14. The van der Waals surface area contributed by atoms with Gasteiger partial charge in [0, 0.05) is 16.1 Å². The summed E-state index contributed by atoms with van der Waals surface area (Å²) in [6, 6.07) is 12.2. The lowest BCUT2D eigenvalue weighted by molar-refractivity contribution is 0.477. The first-order valence-electron chi connectivity index (χ1n) is 4.42. The molecule has 0 radical (unpaired) electrons. The van der Waals surface area contributed by atoms with E-state index in [9.17, 15) is 5.11 Å². The number of phenolic OH excluding ortho intramolecular Hbond substituents is 1. The minimum absolute atomic E-state index is 0.210. The third kappa shape index (κ3) is 2.09. The SMILES string of the molecule is Oc1ccccc1-c1ccc(Cl)cc1Cl. The molecule has 2 rings (SSSR count). The Morgan fingerprint density at radius 2 is 1.60 bits per heavy atom. The van der Waals surface area contributed by atoms with Crippen molar-refractivity contribution in [1.29, 1.82) is 0 Å². The maximum Gasteiger partial charge on any atom is 0.123 e. The van der Waals surface area contributed by atoms with Gasteiger partial charge in [0.25, 0.3) is 0 Å². The van der Waals surface area contributed by atoms with Crippen molar-refractivity contribution in [2.75, 3.05) is 0 Å². The van der Waals surface area contributed by atoms with E-state index >= 15 is 0 Å². The lowest BCUT2D eigenvalue weighted by Gasteiger charge is -2.06. The average molecular weight is 239 g/mol. The molecule has 0 atom stereocenters. The van der Waals surface area contributed by atoms with Crippen LogP contribution in [0.2, 0.25) is 10.0 Å². The lowest BCUT2D eigenvalue weighted by atomic mass is 10.0. The summed E-state index contributed by atoms with van der Waals surface area (Å²) >= 11 is 11.8. The number of hydrogen-bond acceptors (Lipinski definition) is 1. The van der Waals surface area contributed by atoms with Gasteiger partial charge in [-0.1, -0.05) is 47.5 Å². The summed E-state index contributed by atoms with van der Waals surface area (Å²) in [5, 5.41) is 10.8. The fourth-order valence-electron chi connectivity index (χ4n) is 1.41. The molecular formula is C12H8Cl2O. The summed E-state index contributed by atoms with van der Waals surface area (Å²) in [4.78, 5) is 0. The average Bonchev–Trinajstić information content (AvgIpc) is 2.20. The molecule has 2 aromatic rings. The highest BCUT2D eigenvalue weighted by molar-refractivity contribution is 6.36. The van der Waals surface area contributed by atoms with Gasteiger partial charge in [0.1, 0.15) is 5.75 Å². The number of phenols is 1. The number of para-hydroxylation sites is 1. The Bertz CT molecular complexity index is 495. The molecule has 0 unspecified atom stereocenters. The van der Waals surface area contributed by atoms with Crippen molar-refractivity contribution in [3.05, 3.63) is 52.5 Å². The van der Waals surface area contributed by atoms with Gasteiger partial charge < -0.3 is 5.11 Å². The van der Waals surface area contributed by atoms with E-state index in [1.54, 1.807) is 30.3 Å². The van der Waals surface area contributed by atoms with Crippen LogP contribution in [0.3, 0.4) is 0 Å². The minimum atomic E-state index is 0.210. The monoisotopic (exact) mass is 238 g/mol. The topological polar surface area (TPSA) is 20.2 Å². The van der Waals surface area contributed by atoms with Crippen molar-refractivity contribution in [3.63, 3.8) is 0 Å². The zero-order valence-corrected chi connectivity index (χ0v) is 9.26. The highest BCUT2D eigenvalue weighted by Gasteiger charge is 2.07. The molecule has 0 saturated heterocycles. The van der Waals surface area contributed by atoms with Crippen molar-refractivity contribution in [1.82, 2.24) is 0 Å². The molecule has 15 heavy (non-hydrogen) atoms. The van der Waals surface area contributed by atoms with Gasteiger partial charge in [0.05, 0.1) is 5.02 Å². The van der Waals surface area contributed by atoms with Gasteiger partial charge in [-0.3, -0.25) is 0 Å². The highest BCUT2D eigenvalue weighted by Crippen LogP contribution is 2.35. The molecule has 0 spiro atoms. The van der Waals surface area contributed by atoms with Gasteiger partial charge in [-0.05, 0) is 18.2 Å². The third-order valence-electron chi connectivity index (χ3n) is 2.13.